The van der Waals surface area contributed by atoms with Gasteiger partial charge in [-0.05, 0) is 37.8 Å². The van der Waals surface area contributed by atoms with Gasteiger partial charge in [0.1, 0.15) is 0 Å². The first-order valence-corrected chi connectivity index (χ1v) is 7.26. The van der Waals surface area contributed by atoms with E-state index in [1.165, 1.54) is 29.7 Å². The molecule has 104 valence electrons. The molecule has 3 rings (SSSR count). The smallest absolute Gasteiger partial charge is 0.0562 e. The second-order valence-electron chi connectivity index (χ2n) is 6.12. The summed E-state index contributed by atoms with van der Waals surface area (Å²) in [6, 6.07) is 6.73. The highest BCUT2D eigenvalue weighted by Crippen LogP contribution is 2.34. The van der Waals surface area contributed by atoms with Crippen LogP contribution >= 0.6 is 0 Å². The maximum Gasteiger partial charge on any atom is 0.0562 e. The van der Waals surface area contributed by atoms with E-state index in [0.29, 0.717) is 6.61 Å². The van der Waals surface area contributed by atoms with Crippen LogP contribution in [-0.4, -0.2) is 38.0 Å². The van der Waals surface area contributed by atoms with Crippen LogP contribution in [0.1, 0.15) is 24.0 Å². The van der Waals surface area contributed by atoms with Gasteiger partial charge in [0.25, 0.3) is 0 Å². The molecule has 1 aromatic rings. The molecule has 1 N–H and O–H groups in total. The Bertz CT molecular complexity index is 452. The first-order chi connectivity index (χ1) is 9.22. The summed E-state index contributed by atoms with van der Waals surface area (Å²) in [5.74, 6) is 0. The number of anilines is 1. The average molecular weight is 261 g/mol. The molecule has 1 fully saturated rings. The van der Waals surface area contributed by atoms with Crippen LogP contribution in [0.2, 0.25) is 0 Å². The van der Waals surface area contributed by atoms with Crippen molar-refractivity contribution in [1.82, 2.24) is 0 Å². The Balaban J connectivity index is 1.83. The summed E-state index contributed by atoms with van der Waals surface area (Å²) in [5, 5.41) is 9.73. The molecule has 19 heavy (non-hydrogen) atoms. The summed E-state index contributed by atoms with van der Waals surface area (Å²) >= 11 is 0. The van der Waals surface area contributed by atoms with Crippen molar-refractivity contribution in [3.05, 3.63) is 29.3 Å². The molecule has 3 nitrogen and oxygen atoms in total. The van der Waals surface area contributed by atoms with Crippen LogP contribution < -0.4 is 4.90 Å². The third-order valence-electron chi connectivity index (χ3n) is 4.50. The normalized spacial score (nSPS) is 26.5. The summed E-state index contributed by atoms with van der Waals surface area (Å²) in [5.41, 5.74) is 4.09. The molecular formula is C16H23NO2. The van der Waals surface area contributed by atoms with Crippen molar-refractivity contribution in [2.45, 2.75) is 26.2 Å². The summed E-state index contributed by atoms with van der Waals surface area (Å²) in [7, 11) is 0. The fourth-order valence-electron chi connectivity index (χ4n) is 3.32. The quantitative estimate of drug-likeness (QED) is 0.905. The van der Waals surface area contributed by atoms with Crippen LogP contribution in [0.25, 0.3) is 0 Å². The van der Waals surface area contributed by atoms with E-state index in [1.807, 2.05) is 0 Å². The molecule has 1 unspecified atom stereocenters. The van der Waals surface area contributed by atoms with E-state index >= 15 is 0 Å². The van der Waals surface area contributed by atoms with Gasteiger partial charge in [-0.2, -0.15) is 0 Å². The molecular weight excluding hydrogens is 238 g/mol. The molecule has 0 aliphatic carbocycles. The minimum atomic E-state index is -0.0561. The number of hydrogen-bond acceptors (Lipinski definition) is 3. The lowest BCUT2D eigenvalue weighted by atomic mass is 9.86. The van der Waals surface area contributed by atoms with Gasteiger partial charge in [0, 0.05) is 30.8 Å². The van der Waals surface area contributed by atoms with Crippen LogP contribution in [0.4, 0.5) is 5.69 Å². The molecule has 0 spiro atoms. The molecule has 0 radical (unpaired) electrons. The Hall–Kier alpha value is -1.06. The number of rotatable bonds is 3. The van der Waals surface area contributed by atoms with Crippen molar-refractivity contribution < 1.29 is 9.84 Å². The topological polar surface area (TPSA) is 32.7 Å². The molecule has 1 aromatic carbocycles. The second-order valence-corrected chi connectivity index (χ2v) is 6.12. The number of hydrogen-bond donors (Lipinski definition) is 1. The zero-order chi connectivity index (χ0) is 13.3. The fraction of sp³-hybridized carbons (Fsp3) is 0.625. The van der Waals surface area contributed by atoms with E-state index in [-0.39, 0.29) is 12.0 Å². The van der Waals surface area contributed by atoms with Gasteiger partial charge >= 0.3 is 0 Å². The zero-order valence-corrected chi connectivity index (χ0v) is 11.7. The number of aliphatic hydroxyl groups is 1. The zero-order valence-electron chi connectivity index (χ0n) is 11.7. The molecule has 0 saturated carbocycles. The monoisotopic (exact) mass is 261 g/mol. The maximum atomic E-state index is 9.73. The minimum Gasteiger partial charge on any atom is -0.396 e. The number of aryl methyl sites for hydroxylation is 2. The molecule has 3 heteroatoms. The van der Waals surface area contributed by atoms with Gasteiger partial charge in [0.2, 0.25) is 0 Å². The molecule has 1 saturated heterocycles. The first-order valence-electron chi connectivity index (χ1n) is 7.26. The summed E-state index contributed by atoms with van der Waals surface area (Å²) in [6.07, 6.45) is 3.36. The van der Waals surface area contributed by atoms with Gasteiger partial charge in [-0.15, -0.1) is 0 Å². The molecule has 2 aliphatic rings. The van der Waals surface area contributed by atoms with Crippen molar-refractivity contribution in [3.8, 4) is 0 Å². The highest BCUT2D eigenvalue weighted by molar-refractivity contribution is 5.57. The van der Waals surface area contributed by atoms with Crippen molar-refractivity contribution in [2.24, 2.45) is 5.41 Å². The van der Waals surface area contributed by atoms with E-state index in [2.05, 4.69) is 30.0 Å². The SMILES string of the molecule is Cc1ccc2c(c1)CCCN2CC1(CO)CCOC1. The highest BCUT2D eigenvalue weighted by Gasteiger charge is 2.37. The average Bonchev–Trinajstić information content (AvgIpc) is 2.88. The third kappa shape index (κ3) is 2.49. The molecule has 1 atom stereocenters. The Morgan fingerprint density at radius 3 is 3.05 bits per heavy atom. The van der Waals surface area contributed by atoms with E-state index in [4.69, 9.17) is 4.74 Å². The van der Waals surface area contributed by atoms with Gasteiger partial charge in [0.15, 0.2) is 0 Å². The molecule has 2 heterocycles. The van der Waals surface area contributed by atoms with Crippen LogP contribution in [0.3, 0.4) is 0 Å². The first kappa shape index (κ1) is 12.9. The number of ether oxygens (including phenoxy) is 1. The number of benzene rings is 1. The van der Waals surface area contributed by atoms with Crippen molar-refractivity contribution in [3.63, 3.8) is 0 Å². The number of aliphatic hydroxyl groups excluding tert-OH is 1. The second kappa shape index (κ2) is 5.14. The lowest BCUT2D eigenvalue weighted by Crippen LogP contribution is -2.43. The van der Waals surface area contributed by atoms with E-state index in [1.54, 1.807) is 0 Å². The van der Waals surface area contributed by atoms with Crippen molar-refractivity contribution in [2.75, 3.05) is 37.8 Å². The van der Waals surface area contributed by atoms with Crippen LogP contribution in [0.15, 0.2) is 18.2 Å². The number of fused-ring (bicyclic) bond motifs is 1. The van der Waals surface area contributed by atoms with E-state index in [9.17, 15) is 5.11 Å². The Labute approximate surface area is 115 Å². The lowest BCUT2D eigenvalue weighted by Gasteiger charge is -2.38. The fourth-order valence-corrected chi connectivity index (χ4v) is 3.32. The van der Waals surface area contributed by atoms with Gasteiger partial charge in [-0.25, -0.2) is 0 Å². The van der Waals surface area contributed by atoms with Crippen LogP contribution in [0.5, 0.6) is 0 Å². The van der Waals surface area contributed by atoms with Crippen LogP contribution in [-0.2, 0) is 11.2 Å². The van der Waals surface area contributed by atoms with E-state index in [0.717, 1.165) is 26.1 Å². The predicted molar refractivity (Wildman–Crippen MR) is 76.7 cm³/mol. The molecule has 2 aliphatic heterocycles. The van der Waals surface area contributed by atoms with Crippen LogP contribution in [0, 0.1) is 12.3 Å². The van der Waals surface area contributed by atoms with Crippen molar-refractivity contribution in [1.29, 1.82) is 0 Å². The summed E-state index contributed by atoms with van der Waals surface area (Å²) in [4.78, 5) is 2.45. The maximum absolute atomic E-state index is 9.73. The Morgan fingerprint density at radius 1 is 1.42 bits per heavy atom. The van der Waals surface area contributed by atoms with Gasteiger partial charge in [0.05, 0.1) is 13.2 Å². The number of nitrogens with zero attached hydrogens (tertiary/aromatic N) is 1. The van der Waals surface area contributed by atoms with Gasteiger partial charge < -0.3 is 14.7 Å². The largest absolute Gasteiger partial charge is 0.396 e. The van der Waals surface area contributed by atoms with Crippen molar-refractivity contribution >= 4 is 5.69 Å². The summed E-state index contributed by atoms with van der Waals surface area (Å²) < 4.78 is 5.51. The minimum absolute atomic E-state index is 0.0561. The predicted octanol–water partition coefficient (Wildman–Crippen LogP) is 2.15. The standard InChI is InChI=1S/C16H23NO2/c1-13-4-5-15-14(9-13)3-2-7-17(15)10-16(11-18)6-8-19-12-16/h4-5,9,18H,2-3,6-8,10-12H2,1H3. The molecule has 0 amide bonds. The molecule has 0 bridgehead atoms. The Kier molecular flexibility index (Phi) is 3.50. The summed E-state index contributed by atoms with van der Waals surface area (Å²) in [6.45, 7) is 5.87. The van der Waals surface area contributed by atoms with E-state index < -0.39 is 0 Å². The lowest BCUT2D eigenvalue weighted by molar-refractivity contribution is 0.0975. The van der Waals surface area contributed by atoms with Gasteiger partial charge in [-0.3, -0.25) is 0 Å². The Morgan fingerprint density at radius 2 is 2.32 bits per heavy atom. The highest BCUT2D eigenvalue weighted by atomic mass is 16.5. The van der Waals surface area contributed by atoms with Gasteiger partial charge in [-0.1, -0.05) is 17.7 Å². The molecule has 0 aromatic heterocycles. The third-order valence-corrected chi connectivity index (χ3v) is 4.50.